The Balaban J connectivity index is 2.14. The lowest BCUT2D eigenvalue weighted by atomic mass is 9.64. The third kappa shape index (κ3) is 9.92. The van der Waals surface area contributed by atoms with Crippen LogP contribution in [0.2, 0.25) is 16.6 Å². The summed E-state index contributed by atoms with van der Waals surface area (Å²) in [5.41, 5.74) is 5.56. The van der Waals surface area contributed by atoms with E-state index in [9.17, 15) is 4.79 Å². The monoisotopic (exact) mass is 612 g/mol. The molecule has 2 rings (SSSR count). The number of esters is 1. The van der Waals surface area contributed by atoms with Crippen LogP contribution in [0.1, 0.15) is 100 Å². The second-order valence-electron chi connectivity index (χ2n) is 13.8. The second-order valence-corrected chi connectivity index (χ2v) is 19.2. The van der Waals surface area contributed by atoms with Crippen LogP contribution in [-0.4, -0.2) is 40.2 Å². The summed E-state index contributed by atoms with van der Waals surface area (Å²) in [6, 6.07) is 7.86. The van der Waals surface area contributed by atoms with E-state index in [1.807, 2.05) is 30.3 Å². The Kier molecular flexibility index (Phi) is 14.5. The fourth-order valence-corrected chi connectivity index (χ4v) is 12.8. The standard InChI is InChI=1S/C37H60O5Si/c1-13-33(42-43(26(2)3,27(4)5)28(6)7)24-36-29(8)14-17-32(37(36,10)11)18-21-35(41-30(9)38)22-23-40-25-31-15-19-34(39-12)20-16-31/h13,15-16,18-21,26-28,32-33,35H,1,14,17,22-25H2,2-12H3/b21-18+. The first-order chi connectivity index (χ1) is 20.2. The van der Waals surface area contributed by atoms with E-state index in [2.05, 4.69) is 81.0 Å². The zero-order chi connectivity index (χ0) is 32.4. The van der Waals surface area contributed by atoms with Crippen molar-refractivity contribution < 1.29 is 23.4 Å². The van der Waals surface area contributed by atoms with Crippen molar-refractivity contribution in [1.82, 2.24) is 0 Å². The van der Waals surface area contributed by atoms with Gasteiger partial charge in [-0.15, -0.1) is 6.58 Å². The van der Waals surface area contributed by atoms with Gasteiger partial charge in [0.15, 0.2) is 0 Å². The van der Waals surface area contributed by atoms with Crippen molar-refractivity contribution in [3.63, 3.8) is 0 Å². The van der Waals surface area contributed by atoms with Gasteiger partial charge in [0.25, 0.3) is 0 Å². The predicted molar refractivity (Wildman–Crippen MR) is 182 cm³/mol. The number of benzene rings is 1. The van der Waals surface area contributed by atoms with Gasteiger partial charge in [-0.05, 0) is 77.9 Å². The van der Waals surface area contributed by atoms with Gasteiger partial charge in [0.2, 0.25) is 8.32 Å². The molecule has 0 fully saturated rings. The van der Waals surface area contributed by atoms with Gasteiger partial charge < -0.3 is 18.6 Å². The third-order valence-electron chi connectivity index (χ3n) is 9.63. The number of carbonyl (C=O) groups is 1. The molecule has 0 aromatic heterocycles. The van der Waals surface area contributed by atoms with Crippen LogP contribution in [0.5, 0.6) is 5.75 Å². The molecule has 242 valence electrons. The van der Waals surface area contributed by atoms with E-state index in [-0.39, 0.29) is 23.6 Å². The van der Waals surface area contributed by atoms with Gasteiger partial charge in [0.05, 0.1) is 26.4 Å². The molecule has 0 amide bonds. The Morgan fingerprint density at radius 1 is 1.05 bits per heavy atom. The summed E-state index contributed by atoms with van der Waals surface area (Å²) in [5.74, 6) is 0.882. The maximum absolute atomic E-state index is 11.9. The van der Waals surface area contributed by atoms with E-state index >= 15 is 0 Å². The molecule has 0 saturated carbocycles. The molecule has 1 aromatic carbocycles. The van der Waals surface area contributed by atoms with Crippen molar-refractivity contribution in [3.8, 4) is 5.75 Å². The number of rotatable bonds is 17. The maximum Gasteiger partial charge on any atom is 0.303 e. The van der Waals surface area contributed by atoms with Crippen LogP contribution in [0.4, 0.5) is 0 Å². The molecule has 0 radical (unpaired) electrons. The molecular formula is C37H60O5Si. The highest BCUT2D eigenvalue weighted by atomic mass is 28.4. The smallest absolute Gasteiger partial charge is 0.303 e. The molecular weight excluding hydrogens is 552 g/mol. The maximum atomic E-state index is 11.9. The van der Waals surface area contributed by atoms with Gasteiger partial charge in [0.1, 0.15) is 11.9 Å². The summed E-state index contributed by atoms with van der Waals surface area (Å²) >= 11 is 0. The SMILES string of the molecule is C=CC(CC1=C(C)CCC(/C=C/C(CCOCc2ccc(OC)cc2)OC(C)=O)C1(C)C)O[Si](C(C)C)(C(C)C)C(C)C. The van der Waals surface area contributed by atoms with Gasteiger partial charge in [0, 0.05) is 13.3 Å². The minimum atomic E-state index is -2.04. The van der Waals surface area contributed by atoms with Crippen molar-refractivity contribution in [3.05, 3.63) is 65.8 Å². The fourth-order valence-electron chi connectivity index (χ4n) is 7.25. The van der Waals surface area contributed by atoms with Crippen LogP contribution < -0.4 is 4.74 Å². The van der Waals surface area contributed by atoms with Gasteiger partial charge in [-0.2, -0.15) is 0 Å². The lowest BCUT2D eigenvalue weighted by molar-refractivity contribution is -0.144. The highest BCUT2D eigenvalue weighted by molar-refractivity contribution is 6.77. The van der Waals surface area contributed by atoms with E-state index < -0.39 is 8.32 Å². The molecule has 0 spiro atoms. The molecule has 0 aliphatic heterocycles. The first kappa shape index (κ1) is 37.0. The Morgan fingerprint density at radius 3 is 2.16 bits per heavy atom. The molecule has 6 heteroatoms. The zero-order valence-corrected chi connectivity index (χ0v) is 30.0. The van der Waals surface area contributed by atoms with Crippen LogP contribution >= 0.6 is 0 Å². The Bertz CT molecular complexity index is 1060. The molecule has 0 bridgehead atoms. The van der Waals surface area contributed by atoms with Crippen LogP contribution in [0.15, 0.2) is 60.2 Å². The van der Waals surface area contributed by atoms with E-state index in [4.69, 9.17) is 18.6 Å². The van der Waals surface area contributed by atoms with E-state index in [1.54, 1.807) is 7.11 Å². The van der Waals surface area contributed by atoms with Crippen LogP contribution in [-0.2, 0) is 25.3 Å². The number of ether oxygens (including phenoxy) is 3. The topological polar surface area (TPSA) is 54.0 Å². The number of allylic oxidation sites excluding steroid dienone is 2. The number of hydrogen-bond acceptors (Lipinski definition) is 5. The van der Waals surface area contributed by atoms with Crippen LogP contribution in [0.25, 0.3) is 0 Å². The summed E-state index contributed by atoms with van der Waals surface area (Å²) in [5, 5.41) is 0. The molecule has 3 atom stereocenters. The minimum absolute atomic E-state index is 0.00228. The largest absolute Gasteiger partial charge is 0.497 e. The van der Waals surface area contributed by atoms with Gasteiger partial charge in [-0.25, -0.2) is 0 Å². The van der Waals surface area contributed by atoms with Crippen LogP contribution in [0, 0.1) is 11.3 Å². The molecule has 5 nitrogen and oxygen atoms in total. The van der Waals surface area contributed by atoms with Gasteiger partial charge >= 0.3 is 5.97 Å². The van der Waals surface area contributed by atoms with Crippen molar-refractivity contribution in [2.75, 3.05) is 13.7 Å². The Hall–Kier alpha value is -2.15. The van der Waals surface area contributed by atoms with Crippen molar-refractivity contribution in [2.24, 2.45) is 11.3 Å². The normalized spacial score (nSPS) is 18.9. The fraction of sp³-hybridized carbons (Fsp3) is 0.649. The highest BCUT2D eigenvalue weighted by Crippen LogP contribution is 2.49. The molecule has 0 N–H and O–H groups in total. The molecule has 1 aliphatic carbocycles. The zero-order valence-electron chi connectivity index (χ0n) is 29.0. The lowest BCUT2D eigenvalue weighted by Crippen LogP contribution is -2.50. The summed E-state index contributed by atoms with van der Waals surface area (Å²) < 4.78 is 24.0. The summed E-state index contributed by atoms with van der Waals surface area (Å²) in [6.45, 7) is 27.7. The van der Waals surface area contributed by atoms with Gasteiger partial charge in [-0.1, -0.05) is 90.8 Å². The molecule has 0 saturated heterocycles. The molecule has 1 aromatic rings. The van der Waals surface area contributed by atoms with E-state index in [0.29, 0.717) is 42.2 Å². The molecule has 0 heterocycles. The first-order valence-electron chi connectivity index (χ1n) is 16.2. The third-order valence-corrected chi connectivity index (χ3v) is 15.8. The van der Waals surface area contributed by atoms with E-state index in [1.165, 1.54) is 18.1 Å². The second kappa shape index (κ2) is 16.8. The highest BCUT2D eigenvalue weighted by Gasteiger charge is 2.47. The first-order valence-corrected chi connectivity index (χ1v) is 18.4. The molecule has 43 heavy (non-hydrogen) atoms. The van der Waals surface area contributed by atoms with Crippen molar-refractivity contribution >= 4 is 14.3 Å². The van der Waals surface area contributed by atoms with Crippen molar-refractivity contribution in [2.45, 2.75) is 130 Å². The average molecular weight is 613 g/mol. The number of methoxy groups -OCH3 is 1. The summed E-state index contributed by atoms with van der Waals surface area (Å²) in [7, 11) is -0.384. The van der Waals surface area contributed by atoms with E-state index in [0.717, 1.165) is 30.6 Å². The summed E-state index contributed by atoms with van der Waals surface area (Å²) in [6.07, 6.45) is 9.69. The minimum Gasteiger partial charge on any atom is -0.497 e. The summed E-state index contributed by atoms with van der Waals surface area (Å²) in [4.78, 5) is 11.9. The average Bonchev–Trinajstić information content (AvgIpc) is 2.93. The van der Waals surface area contributed by atoms with Gasteiger partial charge in [-0.3, -0.25) is 4.79 Å². The van der Waals surface area contributed by atoms with Crippen molar-refractivity contribution in [1.29, 1.82) is 0 Å². The Morgan fingerprint density at radius 2 is 1.65 bits per heavy atom. The quantitative estimate of drug-likeness (QED) is 0.0758. The van der Waals surface area contributed by atoms with Crippen LogP contribution in [0.3, 0.4) is 0 Å². The predicted octanol–water partition coefficient (Wildman–Crippen LogP) is 9.98. The molecule has 1 aliphatic rings. The lowest BCUT2D eigenvalue weighted by Gasteiger charge is -2.46. The molecule has 3 unspecified atom stereocenters. The number of hydrogen-bond donors (Lipinski definition) is 0. The number of carbonyl (C=O) groups excluding carboxylic acids is 1. The Labute approximate surface area is 264 Å².